The molecule has 1 heterocycles. The number of aliphatic hydroxyl groups excluding tert-OH is 1. The van der Waals surface area contributed by atoms with E-state index in [9.17, 15) is 9.50 Å². The van der Waals surface area contributed by atoms with E-state index in [0.29, 0.717) is 18.5 Å². The SMILES string of the molecule is OCC1CCCC1NCc1ccc(-c2ccc(F)cc2)o1. The molecule has 0 spiro atoms. The first-order chi connectivity index (χ1) is 10.3. The molecule has 0 radical (unpaired) electrons. The minimum atomic E-state index is -0.247. The van der Waals surface area contributed by atoms with Gasteiger partial charge in [0.25, 0.3) is 0 Å². The van der Waals surface area contributed by atoms with E-state index < -0.39 is 0 Å². The van der Waals surface area contributed by atoms with E-state index in [2.05, 4.69) is 5.32 Å². The summed E-state index contributed by atoms with van der Waals surface area (Å²) >= 11 is 0. The van der Waals surface area contributed by atoms with Crippen molar-refractivity contribution in [3.8, 4) is 11.3 Å². The number of halogens is 1. The van der Waals surface area contributed by atoms with Gasteiger partial charge in [0, 0.05) is 18.2 Å². The Morgan fingerprint density at radius 3 is 2.71 bits per heavy atom. The van der Waals surface area contributed by atoms with Gasteiger partial charge in [0.15, 0.2) is 0 Å². The smallest absolute Gasteiger partial charge is 0.134 e. The molecule has 1 aromatic carbocycles. The Morgan fingerprint density at radius 2 is 1.95 bits per heavy atom. The van der Waals surface area contributed by atoms with Crippen molar-refractivity contribution in [2.24, 2.45) is 5.92 Å². The number of nitrogens with one attached hydrogen (secondary N) is 1. The monoisotopic (exact) mass is 289 g/mol. The highest BCUT2D eigenvalue weighted by Crippen LogP contribution is 2.26. The molecule has 1 aliphatic rings. The Balaban J connectivity index is 1.61. The molecule has 21 heavy (non-hydrogen) atoms. The molecule has 0 saturated heterocycles. The van der Waals surface area contributed by atoms with E-state index in [1.807, 2.05) is 12.1 Å². The number of benzene rings is 1. The molecular weight excluding hydrogens is 269 g/mol. The first-order valence-electron chi connectivity index (χ1n) is 7.45. The molecule has 2 aromatic rings. The maximum atomic E-state index is 12.9. The summed E-state index contributed by atoms with van der Waals surface area (Å²) in [5, 5.41) is 12.8. The fraction of sp³-hybridized carbons (Fsp3) is 0.412. The molecule has 0 amide bonds. The van der Waals surface area contributed by atoms with Gasteiger partial charge in [-0.1, -0.05) is 6.42 Å². The molecule has 1 aliphatic carbocycles. The maximum absolute atomic E-state index is 12.9. The lowest BCUT2D eigenvalue weighted by Crippen LogP contribution is -2.33. The minimum Gasteiger partial charge on any atom is -0.460 e. The summed E-state index contributed by atoms with van der Waals surface area (Å²) in [5.41, 5.74) is 0.872. The zero-order chi connectivity index (χ0) is 14.7. The molecule has 3 nitrogen and oxygen atoms in total. The lowest BCUT2D eigenvalue weighted by atomic mass is 10.1. The van der Waals surface area contributed by atoms with E-state index in [0.717, 1.165) is 29.9 Å². The molecular formula is C17H20FNO2. The van der Waals surface area contributed by atoms with Crippen LogP contribution in [0.1, 0.15) is 25.0 Å². The maximum Gasteiger partial charge on any atom is 0.134 e. The topological polar surface area (TPSA) is 45.4 Å². The highest BCUT2D eigenvalue weighted by atomic mass is 19.1. The summed E-state index contributed by atoms with van der Waals surface area (Å²) < 4.78 is 18.7. The van der Waals surface area contributed by atoms with Crippen molar-refractivity contribution in [1.29, 1.82) is 0 Å². The molecule has 1 aromatic heterocycles. The van der Waals surface area contributed by atoms with Crippen LogP contribution in [-0.2, 0) is 6.54 Å². The molecule has 112 valence electrons. The summed E-state index contributed by atoms with van der Waals surface area (Å²) in [6, 6.07) is 10.5. The third kappa shape index (κ3) is 3.34. The summed E-state index contributed by atoms with van der Waals surface area (Å²) in [7, 11) is 0. The van der Waals surface area contributed by atoms with Crippen molar-refractivity contribution in [3.63, 3.8) is 0 Å². The first kappa shape index (κ1) is 14.3. The van der Waals surface area contributed by atoms with Crippen LogP contribution in [0.5, 0.6) is 0 Å². The van der Waals surface area contributed by atoms with Gasteiger partial charge in [-0.15, -0.1) is 0 Å². The van der Waals surface area contributed by atoms with Crippen LogP contribution in [0, 0.1) is 11.7 Å². The fourth-order valence-corrected chi connectivity index (χ4v) is 3.00. The highest BCUT2D eigenvalue weighted by Gasteiger charge is 2.26. The van der Waals surface area contributed by atoms with Crippen molar-refractivity contribution in [2.75, 3.05) is 6.61 Å². The number of hydrogen-bond donors (Lipinski definition) is 2. The average Bonchev–Trinajstić information content (AvgIpc) is 3.14. The van der Waals surface area contributed by atoms with Crippen LogP contribution in [0.25, 0.3) is 11.3 Å². The van der Waals surface area contributed by atoms with E-state index in [-0.39, 0.29) is 12.4 Å². The number of rotatable bonds is 5. The Hall–Kier alpha value is -1.65. The van der Waals surface area contributed by atoms with Gasteiger partial charge in [-0.3, -0.25) is 0 Å². The van der Waals surface area contributed by atoms with Gasteiger partial charge in [0.05, 0.1) is 6.54 Å². The van der Waals surface area contributed by atoms with Crippen molar-refractivity contribution in [1.82, 2.24) is 5.32 Å². The third-order valence-electron chi connectivity index (χ3n) is 4.22. The Bertz CT molecular complexity index is 579. The van der Waals surface area contributed by atoms with Crippen LogP contribution in [0.2, 0.25) is 0 Å². The molecule has 2 unspecified atom stereocenters. The first-order valence-corrected chi connectivity index (χ1v) is 7.45. The van der Waals surface area contributed by atoms with Crippen LogP contribution in [0.3, 0.4) is 0 Å². The molecule has 1 saturated carbocycles. The summed E-state index contributed by atoms with van der Waals surface area (Å²) in [6.45, 7) is 0.902. The molecule has 2 atom stereocenters. The molecule has 4 heteroatoms. The van der Waals surface area contributed by atoms with Gasteiger partial charge in [-0.2, -0.15) is 0 Å². The largest absolute Gasteiger partial charge is 0.460 e. The van der Waals surface area contributed by atoms with E-state index in [1.54, 1.807) is 12.1 Å². The average molecular weight is 289 g/mol. The van der Waals surface area contributed by atoms with E-state index in [4.69, 9.17) is 4.42 Å². The van der Waals surface area contributed by atoms with Gasteiger partial charge >= 0.3 is 0 Å². The highest BCUT2D eigenvalue weighted by molar-refractivity contribution is 5.57. The van der Waals surface area contributed by atoms with Gasteiger partial charge < -0.3 is 14.8 Å². The zero-order valence-electron chi connectivity index (χ0n) is 11.9. The second-order valence-electron chi connectivity index (χ2n) is 5.63. The third-order valence-corrected chi connectivity index (χ3v) is 4.22. The molecule has 1 fully saturated rings. The van der Waals surface area contributed by atoms with E-state index in [1.165, 1.54) is 18.6 Å². The van der Waals surface area contributed by atoms with Crippen LogP contribution < -0.4 is 5.32 Å². The van der Waals surface area contributed by atoms with Gasteiger partial charge in [0.2, 0.25) is 0 Å². The standard InChI is InChI=1S/C17H20FNO2/c18-14-6-4-12(5-7-14)17-9-8-15(21-17)10-19-16-3-1-2-13(16)11-20/h4-9,13,16,19-20H,1-3,10-11H2. The van der Waals surface area contributed by atoms with Crippen molar-refractivity contribution in [3.05, 3.63) is 48.0 Å². The zero-order valence-corrected chi connectivity index (χ0v) is 11.9. The Morgan fingerprint density at radius 1 is 1.14 bits per heavy atom. The van der Waals surface area contributed by atoms with Gasteiger partial charge in [-0.25, -0.2) is 4.39 Å². The lowest BCUT2D eigenvalue weighted by molar-refractivity contribution is 0.203. The minimum absolute atomic E-state index is 0.247. The number of hydrogen-bond acceptors (Lipinski definition) is 3. The quantitative estimate of drug-likeness (QED) is 0.887. The number of furan rings is 1. The molecule has 0 bridgehead atoms. The van der Waals surface area contributed by atoms with Crippen molar-refractivity contribution < 1.29 is 13.9 Å². The normalized spacial score (nSPS) is 21.8. The van der Waals surface area contributed by atoms with E-state index >= 15 is 0 Å². The van der Waals surface area contributed by atoms with Gasteiger partial charge in [-0.05, 0) is 55.2 Å². The van der Waals surface area contributed by atoms with Crippen LogP contribution >= 0.6 is 0 Å². The predicted octanol–water partition coefficient (Wildman–Crippen LogP) is 3.34. The second kappa shape index (κ2) is 6.41. The summed E-state index contributed by atoms with van der Waals surface area (Å²) in [4.78, 5) is 0. The predicted molar refractivity (Wildman–Crippen MR) is 79.2 cm³/mol. The number of aliphatic hydroxyl groups is 1. The lowest BCUT2D eigenvalue weighted by Gasteiger charge is -2.18. The second-order valence-corrected chi connectivity index (χ2v) is 5.63. The van der Waals surface area contributed by atoms with Crippen LogP contribution in [0.4, 0.5) is 4.39 Å². The molecule has 2 N–H and O–H groups in total. The summed E-state index contributed by atoms with van der Waals surface area (Å²) in [5.74, 6) is 1.72. The van der Waals surface area contributed by atoms with Crippen molar-refractivity contribution >= 4 is 0 Å². The molecule has 3 rings (SSSR count). The fourth-order valence-electron chi connectivity index (χ4n) is 3.00. The van der Waals surface area contributed by atoms with Crippen LogP contribution in [-0.4, -0.2) is 17.8 Å². The van der Waals surface area contributed by atoms with Crippen molar-refractivity contribution in [2.45, 2.75) is 31.8 Å². The Kier molecular flexibility index (Phi) is 4.36. The summed E-state index contributed by atoms with van der Waals surface area (Å²) in [6.07, 6.45) is 3.37. The van der Waals surface area contributed by atoms with Gasteiger partial charge in [0.1, 0.15) is 17.3 Å². The van der Waals surface area contributed by atoms with Crippen LogP contribution in [0.15, 0.2) is 40.8 Å². The molecule has 0 aliphatic heterocycles. The Labute approximate surface area is 123 Å².